The van der Waals surface area contributed by atoms with Crippen LogP contribution in [-0.2, 0) is 15.2 Å². The number of carbonyl (C=O) groups excluding carboxylic acids is 2. The van der Waals surface area contributed by atoms with Gasteiger partial charge in [-0.3, -0.25) is 19.5 Å². The lowest BCUT2D eigenvalue weighted by Gasteiger charge is -2.31. The molecule has 1 aromatic carbocycles. The van der Waals surface area contributed by atoms with Crippen LogP contribution in [0, 0.1) is 0 Å². The highest BCUT2D eigenvalue weighted by Crippen LogP contribution is 2.45. The van der Waals surface area contributed by atoms with E-state index in [4.69, 9.17) is 27.9 Å². The second-order valence-corrected chi connectivity index (χ2v) is 8.37. The molecule has 9 nitrogen and oxygen atoms in total. The van der Waals surface area contributed by atoms with Crippen molar-refractivity contribution in [3.63, 3.8) is 0 Å². The molecular formula is C20H17Cl2F3N6O3. The van der Waals surface area contributed by atoms with Gasteiger partial charge < -0.3 is 15.4 Å². The van der Waals surface area contributed by atoms with Crippen LogP contribution in [0.1, 0.15) is 17.4 Å². The fraction of sp³-hybridized carbons (Fsp3) is 0.300. The molecule has 2 aromatic heterocycles. The maximum Gasteiger partial charge on any atom is 0.440 e. The third kappa shape index (κ3) is 3.91. The van der Waals surface area contributed by atoms with Crippen molar-refractivity contribution in [2.24, 2.45) is 0 Å². The number of anilines is 2. The number of pyridine rings is 1. The summed E-state index contributed by atoms with van der Waals surface area (Å²) in [5, 5.41) is 6.89. The lowest BCUT2D eigenvalue weighted by Crippen LogP contribution is -2.63. The summed E-state index contributed by atoms with van der Waals surface area (Å²) in [6, 6.07) is 6.42. The predicted octanol–water partition coefficient (Wildman–Crippen LogP) is 3.78. The fourth-order valence-electron chi connectivity index (χ4n) is 3.64. The van der Waals surface area contributed by atoms with E-state index in [2.05, 4.69) is 20.6 Å². The highest BCUT2D eigenvalue weighted by atomic mass is 35.5. The molecule has 3 aromatic rings. The average molecular weight is 517 g/mol. The summed E-state index contributed by atoms with van der Waals surface area (Å²) in [5.74, 6) is -2.95. The van der Waals surface area contributed by atoms with Gasteiger partial charge in [-0.25, -0.2) is 9.97 Å². The number of nitrogens with one attached hydrogen (secondary N) is 3. The monoisotopic (exact) mass is 516 g/mol. The molecular weight excluding hydrogens is 500 g/mol. The number of ether oxygens (including phenoxy) is 1. The normalized spacial score (nSPS) is 18.5. The molecule has 0 fully saturated rings. The van der Waals surface area contributed by atoms with Crippen molar-refractivity contribution < 1.29 is 27.5 Å². The number of hydrogen-bond acceptors (Lipinski definition) is 6. The molecule has 0 saturated carbocycles. The Bertz CT molecular complexity index is 1300. The van der Waals surface area contributed by atoms with Crippen molar-refractivity contribution in [1.29, 1.82) is 0 Å². The van der Waals surface area contributed by atoms with Gasteiger partial charge in [-0.05, 0) is 31.2 Å². The molecule has 2 unspecified atom stereocenters. The summed E-state index contributed by atoms with van der Waals surface area (Å²) in [4.78, 5) is 33.7. The number of imidazole rings is 1. The van der Waals surface area contributed by atoms with Crippen LogP contribution < -0.4 is 16.0 Å². The molecule has 0 aliphatic carbocycles. The number of nitrogens with zero attached hydrogens (tertiary/aromatic N) is 3. The highest BCUT2D eigenvalue weighted by Gasteiger charge is 2.67. The van der Waals surface area contributed by atoms with Crippen LogP contribution in [-0.4, -0.2) is 52.3 Å². The zero-order valence-corrected chi connectivity index (χ0v) is 19.1. The van der Waals surface area contributed by atoms with E-state index in [9.17, 15) is 22.8 Å². The zero-order chi connectivity index (χ0) is 24.8. The lowest BCUT2D eigenvalue weighted by atomic mass is 10.1. The topological polar surface area (TPSA) is 110 Å². The van der Waals surface area contributed by atoms with Crippen LogP contribution in [0.15, 0.2) is 30.3 Å². The number of hydrogen-bond donors (Lipinski definition) is 3. The maximum atomic E-state index is 14.5. The first-order valence-corrected chi connectivity index (χ1v) is 10.5. The van der Waals surface area contributed by atoms with Gasteiger partial charge >= 0.3 is 6.18 Å². The molecule has 3 N–H and O–H groups in total. The van der Waals surface area contributed by atoms with Gasteiger partial charge in [-0.2, -0.15) is 13.2 Å². The number of halogens is 5. The number of methoxy groups -OCH3 is 1. The highest BCUT2D eigenvalue weighted by molar-refractivity contribution is 6.42. The van der Waals surface area contributed by atoms with Gasteiger partial charge in [-0.1, -0.05) is 29.3 Å². The zero-order valence-electron chi connectivity index (χ0n) is 17.6. The van der Waals surface area contributed by atoms with Crippen LogP contribution in [0.4, 0.5) is 24.9 Å². The minimum Gasteiger partial charge on any atom is -0.383 e. The van der Waals surface area contributed by atoms with E-state index in [1.807, 2.05) is 5.32 Å². The van der Waals surface area contributed by atoms with Gasteiger partial charge in [0.2, 0.25) is 5.95 Å². The quantitative estimate of drug-likeness (QED) is 0.459. The Morgan fingerprint density at radius 3 is 2.65 bits per heavy atom. The Balaban J connectivity index is 1.77. The molecule has 0 saturated heterocycles. The number of aromatic nitrogens is 3. The molecule has 180 valence electrons. The van der Waals surface area contributed by atoms with Gasteiger partial charge in [-0.15, -0.1) is 0 Å². The molecule has 34 heavy (non-hydrogen) atoms. The van der Waals surface area contributed by atoms with E-state index in [-0.39, 0.29) is 38.6 Å². The SMILES string of the molecule is COCC(C)Nc1cccc(C(=O)NC2(C(F)(F)F)C(=O)Nc3nc4cc(Cl)c(Cl)cc4n32)n1. The molecule has 1 aliphatic rings. The van der Waals surface area contributed by atoms with Crippen LogP contribution in [0.5, 0.6) is 0 Å². The molecule has 0 spiro atoms. The van der Waals surface area contributed by atoms with E-state index in [0.29, 0.717) is 11.2 Å². The fourth-order valence-corrected chi connectivity index (χ4v) is 3.96. The molecule has 14 heteroatoms. The summed E-state index contributed by atoms with van der Waals surface area (Å²) in [7, 11) is 1.51. The lowest BCUT2D eigenvalue weighted by molar-refractivity contribution is -0.213. The van der Waals surface area contributed by atoms with Crippen LogP contribution >= 0.6 is 23.2 Å². The summed E-state index contributed by atoms with van der Waals surface area (Å²) >= 11 is 12.0. The van der Waals surface area contributed by atoms with Crippen molar-refractivity contribution in [2.45, 2.75) is 24.8 Å². The third-order valence-electron chi connectivity index (χ3n) is 5.08. The Morgan fingerprint density at radius 2 is 1.97 bits per heavy atom. The first kappa shape index (κ1) is 24.0. The molecule has 2 amide bonds. The Labute approximate surface area is 200 Å². The second kappa shape index (κ2) is 8.60. The van der Waals surface area contributed by atoms with E-state index < -0.39 is 29.6 Å². The number of amides is 2. The van der Waals surface area contributed by atoms with Gasteiger partial charge in [0.25, 0.3) is 17.5 Å². The van der Waals surface area contributed by atoms with Gasteiger partial charge in [0.15, 0.2) is 0 Å². The molecule has 0 radical (unpaired) electrons. The molecule has 3 heterocycles. The number of rotatable bonds is 6. The van der Waals surface area contributed by atoms with Gasteiger partial charge in [0, 0.05) is 13.2 Å². The van der Waals surface area contributed by atoms with Gasteiger partial charge in [0.1, 0.15) is 11.5 Å². The number of alkyl halides is 3. The molecule has 2 atom stereocenters. The van der Waals surface area contributed by atoms with Crippen molar-refractivity contribution >= 4 is 57.8 Å². The number of carbonyl (C=O) groups is 2. The minimum absolute atomic E-state index is 0.0451. The smallest absolute Gasteiger partial charge is 0.383 e. The molecule has 4 rings (SSSR count). The summed E-state index contributed by atoms with van der Waals surface area (Å²) < 4.78 is 49.1. The first-order valence-electron chi connectivity index (χ1n) is 9.79. The average Bonchev–Trinajstić information content (AvgIpc) is 3.22. The first-order chi connectivity index (χ1) is 16.0. The van der Waals surface area contributed by atoms with E-state index >= 15 is 0 Å². The Kier molecular flexibility index (Phi) is 6.08. The van der Waals surface area contributed by atoms with Crippen molar-refractivity contribution in [2.75, 3.05) is 24.4 Å². The Hall–Kier alpha value is -3.09. The predicted molar refractivity (Wildman–Crippen MR) is 119 cm³/mol. The Morgan fingerprint density at radius 1 is 1.26 bits per heavy atom. The van der Waals surface area contributed by atoms with Crippen molar-refractivity contribution in [1.82, 2.24) is 19.9 Å². The number of benzene rings is 1. The van der Waals surface area contributed by atoms with Crippen LogP contribution in [0.3, 0.4) is 0 Å². The van der Waals surface area contributed by atoms with Crippen molar-refractivity contribution in [3.05, 3.63) is 46.1 Å². The molecule has 1 aliphatic heterocycles. The van der Waals surface area contributed by atoms with Crippen LogP contribution in [0.25, 0.3) is 11.0 Å². The summed E-state index contributed by atoms with van der Waals surface area (Å²) in [6.45, 7) is 2.13. The third-order valence-corrected chi connectivity index (χ3v) is 5.81. The van der Waals surface area contributed by atoms with E-state index in [0.717, 1.165) is 6.07 Å². The summed E-state index contributed by atoms with van der Waals surface area (Å²) in [5.41, 5.74) is -3.95. The van der Waals surface area contributed by atoms with E-state index in [1.165, 1.54) is 31.4 Å². The maximum absolute atomic E-state index is 14.5. The van der Waals surface area contributed by atoms with Crippen molar-refractivity contribution in [3.8, 4) is 0 Å². The summed E-state index contributed by atoms with van der Waals surface area (Å²) in [6.07, 6.45) is -5.26. The van der Waals surface area contributed by atoms with Gasteiger partial charge in [0.05, 0.1) is 27.7 Å². The minimum atomic E-state index is -5.26. The second-order valence-electron chi connectivity index (χ2n) is 7.55. The largest absolute Gasteiger partial charge is 0.440 e. The number of fused-ring (bicyclic) bond motifs is 3. The van der Waals surface area contributed by atoms with Crippen LogP contribution in [0.2, 0.25) is 10.0 Å². The van der Waals surface area contributed by atoms with E-state index in [1.54, 1.807) is 6.92 Å². The molecule has 0 bridgehead atoms. The standard InChI is InChI=1S/C20H17Cl2F3N6O3/c1-9(8-34-2)26-15-5-3-4-12(27-15)16(32)30-19(20(23,24)25)17(33)29-18-28-13-6-10(21)11(22)7-14(13)31(18)19/h3-7,9H,8H2,1-2H3,(H,26,27)(H,30,32)(H,28,29,33).